The van der Waals surface area contributed by atoms with E-state index in [1.165, 1.54) is 16.5 Å². The summed E-state index contributed by atoms with van der Waals surface area (Å²) in [5.74, 6) is 0.950. The number of aromatic nitrogens is 1. The van der Waals surface area contributed by atoms with Gasteiger partial charge in [0.15, 0.2) is 0 Å². The van der Waals surface area contributed by atoms with Crippen LogP contribution in [0, 0.1) is 6.92 Å². The predicted octanol–water partition coefficient (Wildman–Crippen LogP) is 5.32. The molecular formula is C19H21NO. The predicted molar refractivity (Wildman–Crippen MR) is 88.9 cm³/mol. The van der Waals surface area contributed by atoms with Gasteiger partial charge in [-0.2, -0.15) is 0 Å². The van der Waals surface area contributed by atoms with Gasteiger partial charge in [0.2, 0.25) is 0 Å². The lowest BCUT2D eigenvalue weighted by Crippen LogP contribution is -1.95. The van der Waals surface area contributed by atoms with Gasteiger partial charge < -0.3 is 9.72 Å². The Labute approximate surface area is 125 Å². The van der Waals surface area contributed by atoms with Crippen LogP contribution in [-0.4, -0.2) is 11.6 Å². The van der Waals surface area contributed by atoms with Crippen LogP contribution < -0.4 is 4.74 Å². The van der Waals surface area contributed by atoms with Crippen molar-refractivity contribution >= 4 is 10.9 Å². The lowest BCUT2D eigenvalue weighted by Gasteiger charge is -2.04. The number of rotatable bonds is 5. The molecule has 0 amide bonds. The number of unbranched alkanes of at least 4 members (excludes halogenated alkanes) is 1. The quantitative estimate of drug-likeness (QED) is 0.628. The van der Waals surface area contributed by atoms with Crippen molar-refractivity contribution in [3.05, 3.63) is 54.1 Å². The van der Waals surface area contributed by atoms with Gasteiger partial charge in [-0.1, -0.05) is 37.6 Å². The largest absolute Gasteiger partial charge is 0.494 e. The van der Waals surface area contributed by atoms with E-state index in [1.54, 1.807) is 0 Å². The molecule has 1 N–H and O–H groups in total. The first kappa shape index (κ1) is 13.7. The Morgan fingerprint density at radius 3 is 2.71 bits per heavy atom. The van der Waals surface area contributed by atoms with Gasteiger partial charge in [0.25, 0.3) is 0 Å². The molecule has 0 radical (unpaired) electrons. The van der Waals surface area contributed by atoms with Crippen LogP contribution in [0.15, 0.2) is 48.5 Å². The van der Waals surface area contributed by atoms with Gasteiger partial charge >= 0.3 is 0 Å². The number of H-pyrrole nitrogens is 1. The molecule has 0 saturated heterocycles. The molecule has 0 aliphatic rings. The highest BCUT2D eigenvalue weighted by atomic mass is 16.5. The molecule has 1 aromatic heterocycles. The highest BCUT2D eigenvalue weighted by Gasteiger charge is 2.06. The van der Waals surface area contributed by atoms with E-state index in [-0.39, 0.29) is 0 Å². The Hall–Kier alpha value is -2.22. The highest BCUT2D eigenvalue weighted by molar-refractivity contribution is 5.87. The summed E-state index contributed by atoms with van der Waals surface area (Å²) in [7, 11) is 0. The standard InChI is InChI=1S/C19H21NO/c1-3-4-11-21-16-9-10-18-15(12-16)13-19(20-18)17-8-6-5-7-14(17)2/h5-10,12-13,20H,3-4,11H2,1-2H3. The highest BCUT2D eigenvalue weighted by Crippen LogP contribution is 2.28. The molecule has 0 bridgehead atoms. The second-order valence-corrected chi connectivity index (χ2v) is 5.45. The Balaban J connectivity index is 1.91. The number of ether oxygens (including phenoxy) is 1. The molecule has 0 aliphatic heterocycles. The number of benzene rings is 2. The maximum absolute atomic E-state index is 5.78. The molecule has 0 unspecified atom stereocenters. The van der Waals surface area contributed by atoms with E-state index >= 15 is 0 Å². The summed E-state index contributed by atoms with van der Waals surface area (Å²) >= 11 is 0. The zero-order valence-electron chi connectivity index (χ0n) is 12.6. The van der Waals surface area contributed by atoms with Crippen molar-refractivity contribution in [2.45, 2.75) is 26.7 Å². The van der Waals surface area contributed by atoms with Gasteiger partial charge in [0, 0.05) is 22.2 Å². The molecule has 2 aromatic carbocycles. The third-order valence-corrected chi connectivity index (χ3v) is 3.79. The van der Waals surface area contributed by atoms with E-state index in [1.807, 2.05) is 6.07 Å². The fraction of sp³-hybridized carbons (Fsp3) is 0.263. The fourth-order valence-corrected chi connectivity index (χ4v) is 2.56. The normalized spacial score (nSPS) is 11.0. The number of hydrogen-bond donors (Lipinski definition) is 1. The van der Waals surface area contributed by atoms with Crippen LogP contribution in [0.5, 0.6) is 5.75 Å². The first-order valence-electron chi connectivity index (χ1n) is 7.59. The summed E-state index contributed by atoms with van der Waals surface area (Å²) in [5.41, 5.74) is 4.84. The minimum absolute atomic E-state index is 0.789. The van der Waals surface area contributed by atoms with Gasteiger partial charge in [-0.15, -0.1) is 0 Å². The summed E-state index contributed by atoms with van der Waals surface area (Å²) in [6, 6.07) is 16.9. The topological polar surface area (TPSA) is 25.0 Å². The molecule has 0 spiro atoms. The second kappa shape index (κ2) is 6.04. The monoisotopic (exact) mass is 279 g/mol. The summed E-state index contributed by atoms with van der Waals surface area (Å²) in [6.07, 6.45) is 2.25. The number of aryl methyl sites for hydroxylation is 1. The fourth-order valence-electron chi connectivity index (χ4n) is 2.56. The molecule has 108 valence electrons. The Morgan fingerprint density at radius 1 is 1.05 bits per heavy atom. The van der Waals surface area contributed by atoms with Crippen LogP contribution in [0.2, 0.25) is 0 Å². The van der Waals surface area contributed by atoms with Crippen LogP contribution in [0.25, 0.3) is 22.2 Å². The first-order valence-corrected chi connectivity index (χ1v) is 7.59. The van der Waals surface area contributed by atoms with Gasteiger partial charge in [0.05, 0.1) is 6.61 Å². The zero-order valence-corrected chi connectivity index (χ0v) is 12.6. The summed E-state index contributed by atoms with van der Waals surface area (Å²) in [5, 5.41) is 1.20. The van der Waals surface area contributed by atoms with Crippen molar-refractivity contribution in [2.75, 3.05) is 6.61 Å². The van der Waals surface area contributed by atoms with Crippen LogP contribution >= 0.6 is 0 Å². The molecule has 0 fully saturated rings. The molecule has 2 nitrogen and oxygen atoms in total. The molecule has 0 atom stereocenters. The van der Waals surface area contributed by atoms with E-state index in [9.17, 15) is 0 Å². The Morgan fingerprint density at radius 2 is 1.90 bits per heavy atom. The van der Waals surface area contributed by atoms with Crippen LogP contribution in [0.1, 0.15) is 25.3 Å². The minimum atomic E-state index is 0.789. The Kier molecular flexibility index (Phi) is 3.96. The third-order valence-electron chi connectivity index (χ3n) is 3.79. The van der Waals surface area contributed by atoms with Crippen LogP contribution in [0.3, 0.4) is 0 Å². The van der Waals surface area contributed by atoms with E-state index in [4.69, 9.17) is 4.74 Å². The summed E-state index contributed by atoms with van der Waals surface area (Å²) in [4.78, 5) is 3.49. The lowest BCUT2D eigenvalue weighted by molar-refractivity contribution is 0.310. The van der Waals surface area contributed by atoms with E-state index in [2.05, 4.69) is 61.3 Å². The minimum Gasteiger partial charge on any atom is -0.494 e. The molecule has 1 heterocycles. The number of hydrogen-bond acceptors (Lipinski definition) is 1. The number of fused-ring (bicyclic) bond motifs is 1. The van der Waals surface area contributed by atoms with E-state index in [0.717, 1.165) is 36.4 Å². The van der Waals surface area contributed by atoms with Gasteiger partial charge in [-0.05, 0) is 43.2 Å². The average Bonchev–Trinajstić information content (AvgIpc) is 2.91. The lowest BCUT2D eigenvalue weighted by atomic mass is 10.1. The maximum atomic E-state index is 5.78. The van der Waals surface area contributed by atoms with Crippen molar-refractivity contribution in [2.24, 2.45) is 0 Å². The van der Waals surface area contributed by atoms with Crippen molar-refractivity contribution < 1.29 is 4.74 Å². The van der Waals surface area contributed by atoms with Crippen molar-refractivity contribution in [3.8, 4) is 17.0 Å². The molecule has 0 aliphatic carbocycles. The third kappa shape index (κ3) is 2.94. The van der Waals surface area contributed by atoms with Gasteiger partial charge in [0.1, 0.15) is 5.75 Å². The smallest absolute Gasteiger partial charge is 0.120 e. The summed E-state index contributed by atoms with van der Waals surface area (Å²) in [6.45, 7) is 5.10. The van der Waals surface area contributed by atoms with Crippen molar-refractivity contribution in [1.29, 1.82) is 0 Å². The molecule has 21 heavy (non-hydrogen) atoms. The van der Waals surface area contributed by atoms with Crippen molar-refractivity contribution in [1.82, 2.24) is 4.98 Å². The van der Waals surface area contributed by atoms with Crippen LogP contribution in [0.4, 0.5) is 0 Å². The SMILES string of the molecule is CCCCOc1ccc2[nH]c(-c3ccccc3C)cc2c1. The molecule has 2 heteroatoms. The second-order valence-electron chi connectivity index (χ2n) is 5.45. The number of aromatic amines is 1. The average molecular weight is 279 g/mol. The number of nitrogens with one attached hydrogen (secondary N) is 1. The van der Waals surface area contributed by atoms with Gasteiger partial charge in [-0.3, -0.25) is 0 Å². The van der Waals surface area contributed by atoms with E-state index < -0.39 is 0 Å². The molecule has 3 rings (SSSR count). The molecule has 0 saturated carbocycles. The zero-order chi connectivity index (χ0) is 14.7. The van der Waals surface area contributed by atoms with Gasteiger partial charge in [-0.25, -0.2) is 0 Å². The molecule has 3 aromatic rings. The first-order chi connectivity index (χ1) is 10.3. The van der Waals surface area contributed by atoms with Crippen molar-refractivity contribution in [3.63, 3.8) is 0 Å². The summed E-state index contributed by atoms with van der Waals surface area (Å²) < 4.78 is 5.78. The Bertz CT molecular complexity index is 742. The molecular weight excluding hydrogens is 258 g/mol. The van der Waals surface area contributed by atoms with E-state index in [0.29, 0.717) is 0 Å². The maximum Gasteiger partial charge on any atom is 0.120 e. The van der Waals surface area contributed by atoms with Crippen LogP contribution in [-0.2, 0) is 0 Å².